The van der Waals surface area contributed by atoms with Gasteiger partial charge in [-0.3, -0.25) is 4.79 Å². The van der Waals surface area contributed by atoms with Gasteiger partial charge in [-0.2, -0.15) is 0 Å². The zero-order valence-corrected chi connectivity index (χ0v) is 43.6. The van der Waals surface area contributed by atoms with E-state index >= 15 is 0 Å². The van der Waals surface area contributed by atoms with Crippen LogP contribution in [-0.4, -0.2) is 34.9 Å². The first kappa shape index (κ1) is 62.6. The summed E-state index contributed by atoms with van der Waals surface area (Å²) in [5, 5.41) is 23.2. The summed E-state index contributed by atoms with van der Waals surface area (Å²) in [7, 11) is 0. The van der Waals surface area contributed by atoms with Crippen molar-refractivity contribution in [3.8, 4) is 0 Å². The summed E-state index contributed by atoms with van der Waals surface area (Å²) in [6, 6.07) is -0.644. The summed E-state index contributed by atoms with van der Waals surface area (Å²) >= 11 is 0. The number of aliphatic hydroxyl groups is 2. The van der Waals surface area contributed by atoms with E-state index in [2.05, 4.69) is 43.5 Å². The molecular weight excluding hydrogens is 783 g/mol. The minimum Gasteiger partial charge on any atom is -0.394 e. The molecule has 0 aliphatic heterocycles. The van der Waals surface area contributed by atoms with Crippen LogP contribution in [0.25, 0.3) is 0 Å². The van der Waals surface area contributed by atoms with Gasteiger partial charge < -0.3 is 15.5 Å². The van der Waals surface area contributed by atoms with Crippen LogP contribution in [0.2, 0.25) is 0 Å². The van der Waals surface area contributed by atoms with Crippen LogP contribution in [0.5, 0.6) is 0 Å². The minimum atomic E-state index is -0.869. The minimum absolute atomic E-state index is 0.0714. The van der Waals surface area contributed by atoms with Crippen LogP contribution in [0.1, 0.15) is 322 Å². The van der Waals surface area contributed by atoms with Gasteiger partial charge in [0.1, 0.15) is 0 Å². The van der Waals surface area contributed by atoms with Gasteiger partial charge in [-0.15, -0.1) is 0 Å². The monoisotopic (exact) mass is 898 g/mol. The fourth-order valence-corrected chi connectivity index (χ4v) is 9.16. The molecule has 0 rings (SSSR count). The average molecular weight is 899 g/mol. The second kappa shape index (κ2) is 55.9. The largest absolute Gasteiger partial charge is 0.394 e. The molecule has 0 spiro atoms. The van der Waals surface area contributed by atoms with Crippen LogP contribution in [0, 0.1) is 0 Å². The summed E-state index contributed by atoms with van der Waals surface area (Å²) in [4.78, 5) is 12.5. The number of carbonyl (C=O) groups excluding carboxylic acids is 1. The molecule has 2 unspecified atom stereocenters. The summed E-state index contributed by atoms with van der Waals surface area (Å²) in [5.74, 6) is -0.0714. The first-order chi connectivity index (χ1) is 31.7. The number of carbonyl (C=O) groups is 1. The first-order valence-electron chi connectivity index (χ1n) is 29.2. The molecular formula is C60H115NO3. The van der Waals surface area contributed by atoms with Crippen molar-refractivity contribution in [2.45, 2.75) is 334 Å². The van der Waals surface area contributed by atoms with Crippen molar-refractivity contribution >= 4 is 5.91 Å². The molecule has 0 fully saturated rings. The van der Waals surface area contributed by atoms with Crippen LogP contribution in [0.15, 0.2) is 36.5 Å². The smallest absolute Gasteiger partial charge is 0.220 e. The molecule has 64 heavy (non-hydrogen) atoms. The first-order valence-corrected chi connectivity index (χ1v) is 29.2. The molecule has 378 valence electrons. The number of unbranched alkanes of at least 4 members (excludes halogenated alkanes) is 43. The Balaban J connectivity index is 3.52. The summed E-state index contributed by atoms with van der Waals surface area (Å²) in [6.07, 6.45) is 76.1. The topological polar surface area (TPSA) is 69.6 Å². The van der Waals surface area contributed by atoms with Gasteiger partial charge in [0.25, 0.3) is 0 Å². The van der Waals surface area contributed by atoms with Crippen molar-refractivity contribution in [1.29, 1.82) is 0 Å². The van der Waals surface area contributed by atoms with E-state index in [0.29, 0.717) is 6.42 Å². The molecule has 4 nitrogen and oxygen atoms in total. The Morgan fingerprint density at radius 1 is 0.359 bits per heavy atom. The van der Waals surface area contributed by atoms with E-state index in [1.807, 2.05) is 6.08 Å². The fraction of sp³-hybridized carbons (Fsp3) is 0.883. The fourth-order valence-electron chi connectivity index (χ4n) is 9.16. The van der Waals surface area contributed by atoms with E-state index in [9.17, 15) is 15.0 Å². The van der Waals surface area contributed by atoms with E-state index < -0.39 is 12.1 Å². The molecule has 3 N–H and O–H groups in total. The molecule has 0 saturated carbocycles. The van der Waals surface area contributed by atoms with Crippen molar-refractivity contribution in [1.82, 2.24) is 5.32 Å². The second-order valence-electron chi connectivity index (χ2n) is 20.1. The van der Waals surface area contributed by atoms with E-state index in [0.717, 1.165) is 38.5 Å². The molecule has 0 aliphatic carbocycles. The summed E-state index contributed by atoms with van der Waals surface area (Å²) < 4.78 is 0. The van der Waals surface area contributed by atoms with Gasteiger partial charge >= 0.3 is 0 Å². The van der Waals surface area contributed by atoms with Crippen LogP contribution in [-0.2, 0) is 4.79 Å². The van der Waals surface area contributed by atoms with E-state index in [4.69, 9.17) is 0 Å². The number of rotatable bonds is 54. The lowest BCUT2D eigenvalue weighted by atomic mass is 10.0. The number of hydrogen-bond donors (Lipinski definition) is 3. The molecule has 0 saturated heterocycles. The molecule has 0 heterocycles. The van der Waals surface area contributed by atoms with Gasteiger partial charge in [0.15, 0.2) is 0 Å². The molecule has 0 aromatic carbocycles. The SMILES string of the molecule is CCCCCCCCCCCCCCCCCC/C=C/CC/C=C/CC/C=C/C(O)C(CO)NC(=O)CCCCCCCCCCCCCCCCCCCCCCCCCCCC. The van der Waals surface area contributed by atoms with Crippen LogP contribution in [0.3, 0.4) is 0 Å². The van der Waals surface area contributed by atoms with Crippen molar-refractivity contribution in [3.05, 3.63) is 36.5 Å². The number of allylic oxidation sites excluding steroid dienone is 5. The normalized spacial score (nSPS) is 13.0. The molecule has 1 amide bonds. The van der Waals surface area contributed by atoms with Gasteiger partial charge in [0.2, 0.25) is 5.91 Å². The highest BCUT2D eigenvalue weighted by Crippen LogP contribution is 2.18. The maximum atomic E-state index is 12.5. The van der Waals surface area contributed by atoms with E-state index in [1.165, 1.54) is 263 Å². The predicted octanol–water partition coefficient (Wildman–Crippen LogP) is 19.3. The molecule has 0 aliphatic rings. The number of nitrogens with one attached hydrogen (secondary N) is 1. The van der Waals surface area contributed by atoms with Gasteiger partial charge in [-0.1, -0.05) is 307 Å². The highest BCUT2D eigenvalue weighted by Gasteiger charge is 2.18. The molecule has 0 aromatic rings. The number of aliphatic hydroxyl groups excluding tert-OH is 2. The number of amides is 1. The highest BCUT2D eigenvalue weighted by atomic mass is 16.3. The number of hydrogen-bond acceptors (Lipinski definition) is 3. The Morgan fingerprint density at radius 2 is 0.609 bits per heavy atom. The molecule has 2 atom stereocenters. The van der Waals surface area contributed by atoms with Gasteiger partial charge in [-0.05, 0) is 44.9 Å². The Morgan fingerprint density at radius 3 is 0.906 bits per heavy atom. The van der Waals surface area contributed by atoms with Crippen LogP contribution < -0.4 is 5.32 Å². The Hall–Kier alpha value is -1.39. The second-order valence-corrected chi connectivity index (χ2v) is 20.1. The van der Waals surface area contributed by atoms with Gasteiger partial charge in [-0.25, -0.2) is 0 Å². The van der Waals surface area contributed by atoms with Crippen LogP contribution in [0.4, 0.5) is 0 Å². The Bertz CT molecular complexity index is 974. The highest BCUT2D eigenvalue weighted by molar-refractivity contribution is 5.76. The van der Waals surface area contributed by atoms with Crippen LogP contribution >= 0.6 is 0 Å². The average Bonchev–Trinajstić information content (AvgIpc) is 3.30. The predicted molar refractivity (Wildman–Crippen MR) is 285 cm³/mol. The Kier molecular flexibility index (Phi) is 54.7. The lowest BCUT2D eigenvalue weighted by molar-refractivity contribution is -0.123. The maximum Gasteiger partial charge on any atom is 0.220 e. The zero-order chi connectivity index (χ0) is 46.3. The molecule has 0 aromatic heterocycles. The quantitative estimate of drug-likeness (QED) is 0.0421. The van der Waals surface area contributed by atoms with Gasteiger partial charge in [0, 0.05) is 6.42 Å². The molecule has 4 heteroatoms. The third-order valence-electron chi connectivity index (χ3n) is 13.6. The van der Waals surface area contributed by atoms with E-state index in [1.54, 1.807) is 6.08 Å². The summed E-state index contributed by atoms with van der Waals surface area (Å²) in [6.45, 7) is 4.33. The van der Waals surface area contributed by atoms with Gasteiger partial charge in [0.05, 0.1) is 18.8 Å². The maximum absolute atomic E-state index is 12.5. The third-order valence-corrected chi connectivity index (χ3v) is 13.6. The van der Waals surface area contributed by atoms with Crippen molar-refractivity contribution in [2.24, 2.45) is 0 Å². The van der Waals surface area contributed by atoms with E-state index in [-0.39, 0.29) is 12.5 Å². The van der Waals surface area contributed by atoms with Crippen molar-refractivity contribution in [2.75, 3.05) is 6.61 Å². The summed E-state index contributed by atoms with van der Waals surface area (Å²) in [5.41, 5.74) is 0. The van der Waals surface area contributed by atoms with Crippen molar-refractivity contribution in [3.63, 3.8) is 0 Å². The zero-order valence-electron chi connectivity index (χ0n) is 43.6. The lowest BCUT2D eigenvalue weighted by Crippen LogP contribution is -2.45. The lowest BCUT2D eigenvalue weighted by Gasteiger charge is -2.19. The molecule has 0 radical (unpaired) electrons. The standard InChI is InChI=1S/C60H115NO3/c1-3-5-7-9-11-13-15-17-19-21-23-25-27-29-31-33-35-37-39-41-43-45-47-49-51-53-55-59(63)58(57-62)61-60(64)56-54-52-50-48-46-44-42-40-38-36-34-32-30-28-26-24-22-20-18-16-14-12-10-8-6-4-2/h37,39,45,47,53,55,58-59,62-63H,3-36,38,40-44,46,48-52,54,56-57H2,1-2H3,(H,61,64)/b39-37+,47-45+,55-53+. The third kappa shape index (κ3) is 51.6. The van der Waals surface area contributed by atoms with Crippen molar-refractivity contribution < 1.29 is 15.0 Å². The molecule has 0 bridgehead atoms. The Labute approximate surface area is 402 Å².